The molecule has 0 saturated heterocycles. The molecule has 0 saturated carbocycles. The van der Waals surface area contributed by atoms with E-state index in [-0.39, 0.29) is 21.1 Å². The third-order valence-corrected chi connectivity index (χ3v) is 0.211. The van der Waals surface area contributed by atoms with E-state index in [0.717, 1.165) is 0 Å². The minimum absolute atomic E-state index is 0. The molecular formula is C2H2MoO7. The van der Waals surface area contributed by atoms with Crippen molar-refractivity contribution in [2.24, 2.45) is 0 Å². The molecule has 2 N–H and O–H groups in total. The summed E-state index contributed by atoms with van der Waals surface area (Å²) in [5, 5.41) is 18.4. The molecule has 0 spiro atoms. The molecule has 0 heterocycles. The van der Waals surface area contributed by atoms with Crippen molar-refractivity contribution in [3.8, 4) is 0 Å². The second-order valence-corrected chi connectivity index (χ2v) is 0.767. The molecule has 7 nitrogen and oxygen atoms in total. The Kier molecular flexibility index (Phi) is 7.52. The van der Waals surface area contributed by atoms with Crippen LogP contribution < -0.4 is 0 Å². The fourth-order valence-corrected chi connectivity index (χ4v) is 0.0752. The van der Waals surface area contributed by atoms with Crippen LogP contribution in [0.15, 0.2) is 0 Å². The van der Waals surface area contributed by atoms with Crippen molar-refractivity contribution < 1.29 is 55.7 Å². The summed E-state index contributed by atoms with van der Waals surface area (Å²) in [6.45, 7) is 0. The molecule has 0 unspecified atom stereocenters. The summed E-state index contributed by atoms with van der Waals surface area (Å²) < 4.78 is 0. The number of carbonyl (C=O) groups is 2. The van der Waals surface area contributed by atoms with Crippen molar-refractivity contribution in [2.75, 3.05) is 0 Å². The molecule has 8 heteroatoms. The van der Waals surface area contributed by atoms with Gasteiger partial charge in [-0.25, -0.2) is 19.4 Å². The van der Waals surface area contributed by atoms with Gasteiger partial charge in [-0.15, -0.1) is 0 Å². The number of hydrogen-bond acceptors (Lipinski definition) is 5. The normalized spacial score (nSPS) is 7.20. The molecular weight excluding hydrogens is 232 g/mol. The van der Waals surface area contributed by atoms with Gasteiger partial charge in [-0.05, 0) is 0 Å². The number of hydrogen-bond donors (Lipinski definition) is 2. The van der Waals surface area contributed by atoms with E-state index in [9.17, 15) is 9.59 Å². The van der Waals surface area contributed by atoms with Crippen LogP contribution in [0.4, 0.5) is 9.59 Å². The van der Waals surface area contributed by atoms with Crippen LogP contribution >= 0.6 is 0 Å². The molecule has 0 aliphatic carbocycles. The van der Waals surface area contributed by atoms with Gasteiger partial charge in [-0.3, -0.25) is 0 Å². The minimum Gasteiger partial charge on any atom is -0.448 e. The van der Waals surface area contributed by atoms with Gasteiger partial charge < -0.3 is 10.2 Å². The summed E-state index contributed by atoms with van der Waals surface area (Å²) in [7, 11) is 0. The first-order chi connectivity index (χ1) is 4.13. The maximum atomic E-state index is 9.36. The minimum atomic E-state index is -1.80. The second-order valence-electron chi connectivity index (χ2n) is 0.767. The van der Waals surface area contributed by atoms with Gasteiger partial charge >= 0.3 is 12.3 Å². The van der Waals surface area contributed by atoms with Crippen LogP contribution in [0.25, 0.3) is 0 Å². The molecule has 0 radical (unpaired) electrons. The van der Waals surface area contributed by atoms with Crippen molar-refractivity contribution in [3.63, 3.8) is 0 Å². The molecule has 0 aromatic rings. The first-order valence-corrected chi connectivity index (χ1v) is 1.60. The number of carboxylic acid groups (broad SMARTS) is 2. The van der Waals surface area contributed by atoms with Crippen LogP contribution in [0.1, 0.15) is 0 Å². The molecule has 0 aliphatic rings. The van der Waals surface area contributed by atoms with Crippen molar-refractivity contribution in [1.29, 1.82) is 0 Å². The molecule has 58 valence electrons. The third-order valence-electron chi connectivity index (χ3n) is 0.211. The molecule has 0 bridgehead atoms. The molecule has 0 amide bonds. The second kappa shape index (κ2) is 6.31. The van der Waals surface area contributed by atoms with E-state index in [1.165, 1.54) is 0 Å². The zero-order valence-corrected chi connectivity index (χ0v) is 6.35. The zero-order chi connectivity index (χ0) is 7.28. The van der Waals surface area contributed by atoms with Crippen molar-refractivity contribution in [2.45, 2.75) is 0 Å². The van der Waals surface area contributed by atoms with Crippen LogP contribution in [-0.4, -0.2) is 22.5 Å². The largest absolute Gasteiger partial charge is 0.540 e. The van der Waals surface area contributed by atoms with Gasteiger partial charge in [-0.1, -0.05) is 0 Å². The molecule has 0 fully saturated rings. The van der Waals surface area contributed by atoms with Crippen LogP contribution in [0.2, 0.25) is 0 Å². The molecule has 0 rings (SSSR count). The number of rotatable bonds is 2. The molecule has 0 aromatic heterocycles. The van der Waals surface area contributed by atoms with Gasteiger partial charge in [0.1, 0.15) is 0 Å². The van der Waals surface area contributed by atoms with Crippen LogP contribution in [0.3, 0.4) is 0 Å². The maximum Gasteiger partial charge on any atom is 0.540 e. The fourth-order valence-electron chi connectivity index (χ4n) is 0.0752. The van der Waals surface area contributed by atoms with E-state index in [4.69, 9.17) is 10.2 Å². The van der Waals surface area contributed by atoms with E-state index in [2.05, 4.69) is 14.8 Å². The van der Waals surface area contributed by atoms with Crippen molar-refractivity contribution in [3.05, 3.63) is 0 Å². The van der Waals surface area contributed by atoms with E-state index in [1.54, 1.807) is 0 Å². The van der Waals surface area contributed by atoms with Gasteiger partial charge in [0.15, 0.2) is 0 Å². The van der Waals surface area contributed by atoms with E-state index >= 15 is 0 Å². The van der Waals surface area contributed by atoms with E-state index in [1.807, 2.05) is 0 Å². The zero-order valence-electron chi connectivity index (χ0n) is 4.34. The summed E-state index contributed by atoms with van der Waals surface area (Å²) in [5.74, 6) is 0. The average Bonchev–Trinajstić information content (AvgIpc) is 1.63. The van der Waals surface area contributed by atoms with E-state index in [0.29, 0.717) is 0 Å². The first-order valence-electron chi connectivity index (χ1n) is 1.60. The van der Waals surface area contributed by atoms with Crippen molar-refractivity contribution in [1.82, 2.24) is 0 Å². The van der Waals surface area contributed by atoms with Gasteiger partial charge in [0.25, 0.3) is 0 Å². The Labute approximate surface area is 68.6 Å². The Balaban J connectivity index is 0. The molecule has 10 heavy (non-hydrogen) atoms. The molecule has 0 atom stereocenters. The van der Waals surface area contributed by atoms with Gasteiger partial charge in [0.2, 0.25) is 0 Å². The monoisotopic (exact) mass is 236 g/mol. The predicted molar refractivity (Wildman–Crippen MR) is 19.3 cm³/mol. The Morgan fingerprint density at radius 2 is 1.30 bits per heavy atom. The Bertz CT molecular complexity index is 107. The smallest absolute Gasteiger partial charge is 0.448 e. The first kappa shape index (κ1) is 11.9. The summed E-state index contributed by atoms with van der Waals surface area (Å²) >= 11 is 0. The quantitative estimate of drug-likeness (QED) is 0.400. The topological polar surface area (TPSA) is 102 Å². The molecule has 0 aromatic carbocycles. The Hall–Kier alpha value is -0.812. The summed E-state index contributed by atoms with van der Waals surface area (Å²) in [4.78, 5) is 25.1. The standard InChI is InChI=1S/C2H2O7.Mo/c3-1(4)7-9-8-2(5)6;/h(H,3,4)(H,5,6);. The fraction of sp³-hybridized carbons (Fsp3) is 0. The van der Waals surface area contributed by atoms with Gasteiger partial charge in [0, 0.05) is 21.1 Å². The summed E-state index contributed by atoms with van der Waals surface area (Å²) in [5.41, 5.74) is 0. The average molecular weight is 234 g/mol. The van der Waals surface area contributed by atoms with Gasteiger partial charge in [0.05, 0.1) is 5.04 Å². The van der Waals surface area contributed by atoms with Crippen LogP contribution in [0.5, 0.6) is 0 Å². The SMILES string of the molecule is O=C(O)OOOC(=O)O.[Mo]. The predicted octanol–water partition coefficient (Wildman–Crippen LogP) is 0.220. The van der Waals surface area contributed by atoms with Crippen LogP contribution in [0, 0.1) is 0 Å². The van der Waals surface area contributed by atoms with Gasteiger partial charge in [-0.2, -0.15) is 0 Å². The molecule has 0 aliphatic heterocycles. The third kappa shape index (κ3) is 10.2. The summed E-state index contributed by atoms with van der Waals surface area (Å²) in [6.07, 6.45) is -3.59. The van der Waals surface area contributed by atoms with E-state index < -0.39 is 12.3 Å². The Morgan fingerprint density at radius 3 is 1.50 bits per heavy atom. The van der Waals surface area contributed by atoms with Crippen molar-refractivity contribution >= 4 is 12.3 Å². The maximum absolute atomic E-state index is 9.36. The summed E-state index contributed by atoms with van der Waals surface area (Å²) in [6, 6.07) is 0. The van der Waals surface area contributed by atoms with Crippen LogP contribution in [-0.2, 0) is 35.9 Å². The Morgan fingerprint density at radius 1 is 1.00 bits per heavy atom.